The molecule has 0 aromatic heterocycles. The molecule has 0 aromatic carbocycles. The average molecular weight is 281 g/mol. The van der Waals surface area contributed by atoms with Gasteiger partial charge in [-0.25, -0.2) is 0 Å². The molecule has 0 N–H and O–H groups in total. The van der Waals surface area contributed by atoms with Crippen LogP contribution in [0.25, 0.3) is 0 Å². The van der Waals surface area contributed by atoms with E-state index in [-0.39, 0.29) is 18.2 Å². The van der Waals surface area contributed by atoms with Crippen molar-refractivity contribution in [3.63, 3.8) is 0 Å². The lowest BCUT2D eigenvalue weighted by atomic mass is 10.1. The van der Waals surface area contributed by atoms with Crippen LogP contribution in [0.3, 0.4) is 0 Å². The van der Waals surface area contributed by atoms with Crippen LogP contribution in [0, 0.1) is 0 Å². The largest absolute Gasteiger partial charge is 0.463 e. The Balaban J connectivity index is 2.47. The maximum absolute atomic E-state index is 10.7. The number of carbonyl (C=O) groups excluding carboxylic acids is 1. The fraction of sp³-hybridized carbons (Fsp3) is 0.900. The third-order valence-corrected chi connectivity index (χ3v) is 2.79. The summed E-state index contributed by atoms with van der Waals surface area (Å²) in [5.74, 6) is -0.889. The third kappa shape index (κ3) is 4.49. The monoisotopic (exact) mass is 280 g/mol. The van der Waals surface area contributed by atoms with Crippen LogP contribution in [0.5, 0.6) is 0 Å². The van der Waals surface area contributed by atoms with Gasteiger partial charge in [0.15, 0.2) is 5.79 Å². The van der Waals surface area contributed by atoms with Crippen molar-refractivity contribution >= 4 is 21.9 Å². The second-order valence-corrected chi connectivity index (χ2v) is 4.72. The van der Waals surface area contributed by atoms with Crippen molar-refractivity contribution in [2.24, 2.45) is 0 Å². The van der Waals surface area contributed by atoms with E-state index in [1.807, 2.05) is 13.8 Å². The van der Waals surface area contributed by atoms with Gasteiger partial charge in [-0.2, -0.15) is 0 Å². The lowest BCUT2D eigenvalue weighted by Gasteiger charge is -2.40. The predicted molar refractivity (Wildman–Crippen MR) is 58.9 cm³/mol. The van der Waals surface area contributed by atoms with E-state index in [9.17, 15) is 4.79 Å². The molecule has 4 nitrogen and oxygen atoms in total. The summed E-state index contributed by atoms with van der Waals surface area (Å²) in [5, 5.41) is 0.760. The summed E-state index contributed by atoms with van der Waals surface area (Å²) in [7, 11) is 0. The van der Waals surface area contributed by atoms with Crippen LogP contribution >= 0.6 is 15.9 Å². The third-order valence-electron chi connectivity index (χ3n) is 2.07. The van der Waals surface area contributed by atoms with Gasteiger partial charge in [0.2, 0.25) is 0 Å². The van der Waals surface area contributed by atoms with Gasteiger partial charge in [-0.15, -0.1) is 0 Å². The summed E-state index contributed by atoms with van der Waals surface area (Å²) in [6.07, 6.45) is 0.761. The van der Waals surface area contributed by atoms with Crippen LogP contribution in [0.2, 0.25) is 0 Å². The summed E-state index contributed by atoms with van der Waals surface area (Å²) in [4.78, 5) is 10.7. The summed E-state index contributed by atoms with van der Waals surface area (Å²) in [6.45, 7) is 5.42. The first kappa shape index (κ1) is 12.9. The van der Waals surface area contributed by atoms with Gasteiger partial charge in [0.1, 0.15) is 6.61 Å². The molecule has 5 heteroatoms. The van der Waals surface area contributed by atoms with Gasteiger partial charge in [-0.05, 0) is 13.8 Å². The molecule has 0 saturated carbocycles. The SMILES string of the molecule is CC(=O)OCC1CC(CBr)OC(C)(C)O1. The van der Waals surface area contributed by atoms with Crippen LogP contribution in [0.15, 0.2) is 0 Å². The molecule has 1 aliphatic rings. The predicted octanol–water partition coefficient (Wildman–Crippen LogP) is 1.85. The van der Waals surface area contributed by atoms with E-state index in [0.717, 1.165) is 11.8 Å². The Bertz CT molecular complexity index is 229. The van der Waals surface area contributed by atoms with E-state index in [2.05, 4.69) is 15.9 Å². The van der Waals surface area contributed by atoms with E-state index in [1.54, 1.807) is 0 Å². The average Bonchev–Trinajstić information content (AvgIpc) is 2.12. The maximum Gasteiger partial charge on any atom is 0.302 e. The van der Waals surface area contributed by atoms with E-state index >= 15 is 0 Å². The minimum atomic E-state index is -0.610. The van der Waals surface area contributed by atoms with Crippen LogP contribution in [-0.4, -0.2) is 35.9 Å². The Hall–Kier alpha value is -0.130. The highest BCUT2D eigenvalue weighted by Gasteiger charge is 2.35. The first-order chi connectivity index (χ1) is 6.93. The highest BCUT2D eigenvalue weighted by molar-refractivity contribution is 9.09. The topological polar surface area (TPSA) is 44.8 Å². The minimum absolute atomic E-state index is 0.0831. The summed E-state index contributed by atoms with van der Waals surface area (Å²) >= 11 is 3.38. The highest BCUT2D eigenvalue weighted by Crippen LogP contribution is 2.27. The number of esters is 1. The Morgan fingerprint density at radius 1 is 1.47 bits per heavy atom. The molecule has 0 amide bonds. The molecule has 1 heterocycles. The van der Waals surface area contributed by atoms with Crippen LogP contribution in [0.4, 0.5) is 0 Å². The standard InChI is InChI=1S/C10H17BrO4/c1-7(12)13-6-9-4-8(5-11)14-10(2,3)15-9/h8-9H,4-6H2,1-3H3. The number of hydrogen-bond acceptors (Lipinski definition) is 4. The Kier molecular flexibility index (Phi) is 4.55. The number of rotatable bonds is 3. The van der Waals surface area contributed by atoms with Gasteiger partial charge in [0.05, 0.1) is 12.2 Å². The molecule has 0 radical (unpaired) electrons. The molecule has 0 aromatic rings. The molecule has 15 heavy (non-hydrogen) atoms. The smallest absolute Gasteiger partial charge is 0.302 e. The van der Waals surface area contributed by atoms with Gasteiger partial charge < -0.3 is 14.2 Å². The van der Waals surface area contributed by atoms with Crippen LogP contribution < -0.4 is 0 Å². The van der Waals surface area contributed by atoms with Crippen LogP contribution in [0.1, 0.15) is 27.2 Å². The normalized spacial score (nSPS) is 29.9. The van der Waals surface area contributed by atoms with Crippen molar-refractivity contribution in [2.75, 3.05) is 11.9 Å². The first-order valence-corrected chi connectivity index (χ1v) is 6.10. The number of alkyl halides is 1. The zero-order chi connectivity index (χ0) is 11.5. The number of hydrogen-bond donors (Lipinski definition) is 0. The molecular weight excluding hydrogens is 264 g/mol. The van der Waals surface area contributed by atoms with Gasteiger partial charge in [0, 0.05) is 18.7 Å². The van der Waals surface area contributed by atoms with E-state index < -0.39 is 5.79 Å². The summed E-state index contributed by atoms with van der Waals surface area (Å²) in [5.41, 5.74) is 0. The number of halogens is 1. The van der Waals surface area contributed by atoms with Crippen molar-refractivity contribution in [1.82, 2.24) is 0 Å². The molecule has 88 valence electrons. The van der Waals surface area contributed by atoms with Gasteiger partial charge >= 0.3 is 5.97 Å². The number of ether oxygens (including phenoxy) is 3. The van der Waals surface area contributed by atoms with Gasteiger partial charge in [-0.1, -0.05) is 15.9 Å². The molecule has 2 atom stereocenters. The Morgan fingerprint density at radius 3 is 2.60 bits per heavy atom. The highest BCUT2D eigenvalue weighted by atomic mass is 79.9. The first-order valence-electron chi connectivity index (χ1n) is 4.98. The molecule has 0 bridgehead atoms. The summed E-state index contributed by atoms with van der Waals surface area (Å²) in [6, 6.07) is 0. The fourth-order valence-corrected chi connectivity index (χ4v) is 2.02. The minimum Gasteiger partial charge on any atom is -0.463 e. The number of carbonyl (C=O) groups is 1. The van der Waals surface area contributed by atoms with Crippen molar-refractivity contribution in [2.45, 2.75) is 45.2 Å². The zero-order valence-electron chi connectivity index (χ0n) is 9.29. The second-order valence-electron chi connectivity index (χ2n) is 4.07. The van der Waals surface area contributed by atoms with E-state index in [4.69, 9.17) is 14.2 Å². The molecule has 1 rings (SSSR count). The quantitative estimate of drug-likeness (QED) is 0.585. The molecule has 0 aliphatic carbocycles. The molecule has 0 spiro atoms. The molecule has 2 unspecified atom stereocenters. The Labute approximate surface area is 98.4 Å². The van der Waals surface area contributed by atoms with Crippen LogP contribution in [-0.2, 0) is 19.0 Å². The molecule has 1 saturated heterocycles. The zero-order valence-corrected chi connectivity index (χ0v) is 10.9. The summed E-state index contributed by atoms with van der Waals surface area (Å²) < 4.78 is 16.2. The molecule has 1 aliphatic heterocycles. The lowest BCUT2D eigenvalue weighted by Crippen LogP contribution is -2.46. The molecular formula is C10H17BrO4. The van der Waals surface area contributed by atoms with Crippen molar-refractivity contribution < 1.29 is 19.0 Å². The fourth-order valence-electron chi connectivity index (χ4n) is 1.63. The van der Waals surface area contributed by atoms with E-state index in [0.29, 0.717) is 6.61 Å². The van der Waals surface area contributed by atoms with Crippen molar-refractivity contribution in [1.29, 1.82) is 0 Å². The lowest BCUT2D eigenvalue weighted by molar-refractivity contribution is -0.299. The van der Waals surface area contributed by atoms with E-state index in [1.165, 1.54) is 6.92 Å². The maximum atomic E-state index is 10.7. The van der Waals surface area contributed by atoms with Gasteiger partial charge in [-0.3, -0.25) is 4.79 Å². The molecule has 1 fully saturated rings. The second kappa shape index (κ2) is 5.27. The van der Waals surface area contributed by atoms with Crippen molar-refractivity contribution in [3.8, 4) is 0 Å². The van der Waals surface area contributed by atoms with Gasteiger partial charge in [0.25, 0.3) is 0 Å². The van der Waals surface area contributed by atoms with Crippen molar-refractivity contribution in [3.05, 3.63) is 0 Å². The Morgan fingerprint density at radius 2 is 2.07 bits per heavy atom.